The van der Waals surface area contributed by atoms with Crippen LogP contribution < -0.4 is 0 Å². The molecule has 3 rings (SSSR count). The Morgan fingerprint density at radius 3 is 2.09 bits per heavy atom. The van der Waals surface area contributed by atoms with Gasteiger partial charge < -0.3 is 0 Å². The molecule has 33 heavy (non-hydrogen) atoms. The van der Waals surface area contributed by atoms with E-state index in [0.29, 0.717) is 5.92 Å². The number of unbranched alkanes of at least 4 members (excludes halogenated alkanes) is 2. The predicted molar refractivity (Wildman–Crippen MR) is 138 cm³/mol. The third kappa shape index (κ3) is 9.11. The maximum absolute atomic E-state index is 12.8. The van der Waals surface area contributed by atoms with Crippen LogP contribution in [0.1, 0.15) is 114 Å². The summed E-state index contributed by atoms with van der Waals surface area (Å²) in [7, 11) is 0. The Labute approximate surface area is 202 Å². The topological polar surface area (TPSA) is 23.8 Å². The van der Waals surface area contributed by atoms with Crippen LogP contribution in [0.2, 0.25) is 0 Å². The summed E-state index contributed by atoms with van der Waals surface area (Å²) >= 11 is 0. The van der Waals surface area contributed by atoms with Crippen molar-refractivity contribution in [2.45, 2.75) is 109 Å². The molecule has 0 N–H and O–H groups in total. The van der Waals surface area contributed by atoms with Crippen molar-refractivity contribution in [1.82, 2.24) is 0 Å². The zero-order valence-corrected chi connectivity index (χ0v) is 20.8. The molecule has 0 saturated heterocycles. The van der Waals surface area contributed by atoms with Gasteiger partial charge in [-0.05, 0) is 105 Å². The molecule has 2 fully saturated rings. The van der Waals surface area contributed by atoms with Gasteiger partial charge >= 0.3 is 0 Å². The molecule has 2 saturated carbocycles. The van der Waals surface area contributed by atoms with Crippen molar-refractivity contribution in [3.63, 3.8) is 0 Å². The lowest BCUT2D eigenvalue weighted by Crippen LogP contribution is -2.14. The second kappa shape index (κ2) is 14.4. The monoisotopic (exact) mass is 449 g/mol. The second-order valence-corrected chi connectivity index (χ2v) is 10.6. The Kier molecular flexibility index (Phi) is 11.2. The van der Waals surface area contributed by atoms with Crippen LogP contribution >= 0.6 is 0 Å². The van der Waals surface area contributed by atoms with E-state index in [2.05, 4.69) is 37.3 Å². The zero-order chi connectivity index (χ0) is 23.3. The van der Waals surface area contributed by atoms with Crippen molar-refractivity contribution in [2.24, 2.45) is 17.8 Å². The Hall–Kier alpha value is -1.88. The van der Waals surface area contributed by atoms with E-state index in [9.17, 15) is 4.39 Å². The first-order valence-corrected chi connectivity index (χ1v) is 13.7. The van der Waals surface area contributed by atoms with Gasteiger partial charge in [-0.3, -0.25) is 0 Å². The highest BCUT2D eigenvalue weighted by Gasteiger charge is 2.23. The first kappa shape index (κ1) is 25.7. The normalized spacial score (nSPS) is 26.4. The van der Waals surface area contributed by atoms with Crippen molar-refractivity contribution in [2.75, 3.05) is 0 Å². The summed E-state index contributed by atoms with van der Waals surface area (Å²) in [6.45, 7) is 2.27. The fraction of sp³-hybridized carbons (Fsp3) is 0.645. The highest BCUT2D eigenvalue weighted by Crippen LogP contribution is 2.38. The van der Waals surface area contributed by atoms with Gasteiger partial charge in [0.1, 0.15) is 6.07 Å². The number of halogens is 1. The van der Waals surface area contributed by atoms with Crippen LogP contribution in [0.25, 0.3) is 0 Å². The lowest BCUT2D eigenvalue weighted by molar-refractivity contribution is 0.273. The number of hydrogen-bond acceptors (Lipinski definition) is 1. The zero-order valence-electron chi connectivity index (χ0n) is 20.8. The standard InChI is InChI=1S/C31H44FN/c1-2-3-7-25-16-20-29(21-17-25)30-22-18-27(19-23-30)9-5-4-8-26-12-14-28(15-13-26)10-6-11-31(32)24-33/h6,10-11,16-17,20-21,26-28,30H,2-5,7-9,12-15,18-19,22-23H2,1H3. The minimum atomic E-state index is -0.704. The van der Waals surface area contributed by atoms with E-state index < -0.39 is 5.83 Å². The van der Waals surface area contributed by atoms with Gasteiger partial charge in [-0.25, -0.2) is 0 Å². The summed E-state index contributed by atoms with van der Waals surface area (Å²) in [5.74, 6) is 2.49. The van der Waals surface area contributed by atoms with Gasteiger partial charge in [0, 0.05) is 0 Å². The maximum atomic E-state index is 12.8. The lowest BCUT2D eigenvalue weighted by atomic mass is 9.76. The highest BCUT2D eigenvalue weighted by molar-refractivity contribution is 5.26. The minimum absolute atomic E-state index is 0.562. The molecule has 0 spiro atoms. The molecule has 1 aromatic rings. The smallest absolute Gasteiger partial charge is 0.195 e. The molecule has 0 aliphatic heterocycles. The number of allylic oxidation sites excluding steroid dienone is 4. The summed E-state index contributed by atoms with van der Waals surface area (Å²) in [6, 6.07) is 11.1. The van der Waals surface area contributed by atoms with Crippen molar-refractivity contribution < 1.29 is 4.39 Å². The van der Waals surface area contributed by atoms with Gasteiger partial charge in [0.15, 0.2) is 5.83 Å². The van der Waals surface area contributed by atoms with E-state index in [1.54, 1.807) is 11.6 Å². The molecular formula is C31H44FN. The van der Waals surface area contributed by atoms with Crippen molar-refractivity contribution in [3.05, 3.63) is 59.4 Å². The molecule has 0 atom stereocenters. The summed E-state index contributed by atoms with van der Waals surface area (Å²) in [5.41, 5.74) is 3.08. The predicted octanol–water partition coefficient (Wildman–Crippen LogP) is 9.60. The first-order valence-electron chi connectivity index (χ1n) is 13.7. The average molecular weight is 450 g/mol. The molecule has 1 nitrogen and oxygen atoms in total. The van der Waals surface area contributed by atoms with Gasteiger partial charge in [-0.1, -0.05) is 75.4 Å². The third-order valence-corrected chi connectivity index (χ3v) is 8.22. The van der Waals surface area contributed by atoms with Crippen LogP contribution in [0.15, 0.2) is 48.3 Å². The fourth-order valence-corrected chi connectivity index (χ4v) is 5.99. The third-order valence-electron chi connectivity index (χ3n) is 8.22. The SMILES string of the molecule is CCCCc1ccc(C2CCC(CCCCC3CCC(C=CC=C(F)C#N)CC3)CC2)cc1. The van der Waals surface area contributed by atoms with E-state index in [1.165, 1.54) is 114 Å². The Bertz CT molecular complexity index is 768. The van der Waals surface area contributed by atoms with Gasteiger partial charge in [-0.2, -0.15) is 9.65 Å². The Morgan fingerprint density at radius 1 is 0.909 bits per heavy atom. The summed E-state index contributed by atoms with van der Waals surface area (Å²) in [5, 5.41) is 8.45. The molecule has 1 aromatic carbocycles. The van der Waals surface area contributed by atoms with Crippen LogP contribution in [-0.4, -0.2) is 0 Å². The fourth-order valence-electron chi connectivity index (χ4n) is 5.99. The first-order chi connectivity index (χ1) is 16.2. The van der Waals surface area contributed by atoms with Gasteiger partial charge in [0.25, 0.3) is 0 Å². The van der Waals surface area contributed by atoms with Crippen LogP contribution in [0.5, 0.6) is 0 Å². The molecule has 2 aliphatic carbocycles. The van der Waals surface area contributed by atoms with Crippen molar-refractivity contribution in [1.29, 1.82) is 5.26 Å². The highest BCUT2D eigenvalue weighted by atomic mass is 19.1. The number of hydrogen-bond donors (Lipinski definition) is 0. The van der Waals surface area contributed by atoms with Crippen molar-refractivity contribution >= 4 is 0 Å². The number of aryl methyl sites for hydroxylation is 1. The van der Waals surface area contributed by atoms with E-state index in [1.807, 2.05) is 0 Å². The number of rotatable bonds is 11. The van der Waals surface area contributed by atoms with Gasteiger partial charge in [0.2, 0.25) is 0 Å². The van der Waals surface area contributed by atoms with E-state index in [4.69, 9.17) is 5.26 Å². The van der Waals surface area contributed by atoms with Crippen LogP contribution in [-0.2, 0) is 6.42 Å². The molecule has 0 unspecified atom stereocenters. The minimum Gasteiger partial charge on any atom is -0.195 e. The summed E-state index contributed by atoms with van der Waals surface area (Å²) < 4.78 is 12.8. The van der Waals surface area contributed by atoms with Crippen molar-refractivity contribution in [3.8, 4) is 6.07 Å². The molecule has 0 bridgehead atoms. The lowest BCUT2D eigenvalue weighted by Gasteiger charge is -2.29. The number of benzene rings is 1. The largest absolute Gasteiger partial charge is 0.199 e. The molecular weight excluding hydrogens is 405 g/mol. The summed E-state index contributed by atoms with van der Waals surface area (Å²) in [4.78, 5) is 0. The average Bonchev–Trinajstić information content (AvgIpc) is 2.87. The van der Waals surface area contributed by atoms with E-state index >= 15 is 0 Å². The molecule has 0 amide bonds. The van der Waals surface area contributed by atoms with E-state index in [0.717, 1.165) is 17.8 Å². The van der Waals surface area contributed by atoms with Gasteiger partial charge in [-0.15, -0.1) is 0 Å². The van der Waals surface area contributed by atoms with Crippen LogP contribution in [0.4, 0.5) is 4.39 Å². The molecule has 0 aromatic heterocycles. The molecule has 2 heteroatoms. The maximum Gasteiger partial charge on any atom is 0.199 e. The molecule has 0 heterocycles. The Morgan fingerprint density at radius 2 is 1.52 bits per heavy atom. The van der Waals surface area contributed by atoms with Crippen LogP contribution in [0.3, 0.4) is 0 Å². The van der Waals surface area contributed by atoms with E-state index in [-0.39, 0.29) is 0 Å². The Balaban J connectivity index is 1.25. The molecule has 2 aliphatic rings. The van der Waals surface area contributed by atoms with Crippen LogP contribution in [0, 0.1) is 29.1 Å². The van der Waals surface area contributed by atoms with Gasteiger partial charge in [0.05, 0.1) is 0 Å². The molecule has 180 valence electrons. The second-order valence-electron chi connectivity index (χ2n) is 10.6. The number of nitriles is 1. The molecule has 0 radical (unpaired) electrons. The quantitative estimate of drug-likeness (QED) is 0.187. The summed E-state index contributed by atoms with van der Waals surface area (Å²) in [6.07, 6.45) is 25.1. The number of nitrogens with zero attached hydrogens (tertiary/aromatic N) is 1.